The number of oxazole rings is 1. The third-order valence-corrected chi connectivity index (χ3v) is 9.50. The second-order valence-corrected chi connectivity index (χ2v) is 14.7. The van der Waals surface area contributed by atoms with Crippen LogP contribution in [0, 0.1) is 6.92 Å². The summed E-state index contributed by atoms with van der Waals surface area (Å²) in [6, 6.07) is 37.1. The van der Waals surface area contributed by atoms with Crippen LogP contribution < -0.4 is 10.6 Å². The number of rotatable bonds is 11. The zero-order chi connectivity index (χ0) is 36.1. The van der Waals surface area contributed by atoms with E-state index in [1.165, 1.54) is 5.56 Å². The van der Waals surface area contributed by atoms with E-state index in [4.69, 9.17) is 8.97 Å². The lowest BCUT2D eigenvalue weighted by atomic mass is 9.86. The van der Waals surface area contributed by atoms with Gasteiger partial charge in [0.15, 0.2) is 16.7 Å². The second kappa shape index (κ2) is 15.2. The summed E-state index contributed by atoms with van der Waals surface area (Å²) in [5, 5.41) is 5.75. The van der Waals surface area contributed by atoms with E-state index in [1.807, 2.05) is 85.8 Å². The number of anilines is 1. The molecule has 0 radical (unpaired) electrons. The molecule has 0 spiro atoms. The molecule has 1 unspecified atom stereocenters. The zero-order valence-corrected chi connectivity index (χ0v) is 29.9. The van der Waals surface area contributed by atoms with Crippen molar-refractivity contribution in [3.63, 3.8) is 0 Å². The van der Waals surface area contributed by atoms with Crippen molar-refractivity contribution in [2.75, 3.05) is 17.6 Å². The third-order valence-electron chi connectivity index (χ3n) is 8.94. The molecule has 6 aromatic rings. The average molecular weight is 700 g/mol. The molecule has 0 bridgehead atoms. The van der Waals surface area contributed by atoms with Crippen molar-refractivity contribution >= 4 is 39.7 Å². The molecule has 0 aliphatic heterocycles. The maximum atomic E-state index is 14.0. The average Bonchev–Trinajstić information content (AvgIpc) is 3.57. The number of hydrogen-bond donors (Lipinski definition) is 3. The highest BCUT2D eigenvalue weighted by molar-refractivity contribution is 7.79. The summed E-state index contributed by atoms with van der Waals surface area (Å²) < 4.78 is 25.9. The molecule has 0 saturated carbocycles. The topological polar surface area (TPSA) is 122 Å². The quantitative estimate of drug-likeness (QED) is 0.116. The number of aromatic nitrogens is 1. The molecular weight excluding hydrogens is 659 g/mol. The summed E-state index contributed by atoms with van der Waals surface area (Å²) in [6.07, 6.45) is 0.400. The minimum Gasteiger partial charge on any atom is -0.436 e. The van der Waals surface area contributed by atoms with Crippen molar-refractivity contribution in [2.45, 2.75) is 45.4 Å². The molecular formula is C42H41N3O5S. The first kappa shape index (κ1) is 35.4. The van der Waals surface area contributed by atoms with Crippen LogP contribution >= 0.6 is 0 Å². The Kier molecular flexibility index (Phi) is 10.6. The van der Waals surface area contributed by atoms with Gasteiger partial charge < -0.3 is 19.6 Å². The van der Waals surface area contributed by atoms with E-state index >= 15 is 0 Å². The molecule has 6 rings (SSSR count). The SMILES string of the molecule is Cc1cccc2nc(-c3ccc(NC(=O)[C@H](Cc4ccc(C(=O)NCCS(=O)O)cc4)c4ccc(-c5ccc(C(C)(C)C)cc5)cc4)cc3)oc12. The molecule has 2 amide bonds. The van der Waals surface area contributed by atoms with Crippen LogP contribution in [0.4, 0.5) is 5.69 Å². The number of hydrogen-bond acceptors (Lipinski definition) is 5. The highest BCUT2D eigenvalue weighted by Gasteiger charge is 2.23. The largest absolute Gasteiger partial charge is 0.436 e. The first-order valence-electron chi connectivity index (χ1n) is 16.9. The van der Waals surface area contributed by atoms with Gasteiger partial charge in [0, 0.05) is 23.4 Å². The number of nitrogens with zero attached hydrogens (tertiary/aromatic N) is 1. The third kappa shape index (κ3) is 8.68. The van der Waals surface area contributed by atoms with E-state index in [9.17, 15) is 13.8 Å². The molecule has 0 saturated heterocycles. The van der Waals surface area contributed by atoms with Crippen LogP contribution in [0.5, 0.6) is 0 Å². The first-order chi connectivity index (χ1) is 24.4. The van der Waals surface area contributed by atoms with Gasteiger partial charge in [0.05, 0.1) is 11.7 Å². The van der Waals surface area contributed by atoms with Crippen LogP contribution in [0.3, 0.4) is 0 Å². The fourth-order valence-corrected chi connectivity index (χ4v) is 6.23. The first-order valence-corrected chi connectivity index (χ1v) is 18.1. The van der Waals surface area contributed by atoms with Gasteiger partial charge >= 0.3 is 0 Å². The Morgan fingerprint density at radius 1 is 0.824 bits per heavy atom. The number of carbonyl (C=O) groups excluding carboxylic acids is 2. The van der Waals surface area contributed by atoms with Gasteiger partial charge in [-0.15, -0.1) is 0 Å². The maximum Gasteiger partial charge on any atom is 0.251 e. The van der Waals surface area contributed by atoms with Gasteiger partial charge in [0.25, 0.3) is 5.91 Å². The Morgan fingerprint density at radius 2 is 1.45 bits per heavy atom. The molecule has 9 heteroatoms. The summed E-state index contributed by atoms with van der Waals surface area (Å²) >= 11 is -1.98. The number of carbonyl (C=O) groups is 2. The van der Waals surface area contributed by atoms with Gasteiger partial charge in [0.1, 0.15) is 5.52 Å². The molecule has 8 nitrogen and oxygen atoms in total. The highest BCUT2D eigenvalue weighted by Crippen LogP contribution is 2.31. The van der Waals surface area contributed by atoms with Crippen LogP contribution in [0.1, 0.15) is 59.3 Å². The molecule has 0 fully saturated rings. The van der Waals surface area contributed by atoms with E-state index in [1.54, 1.807) is 12.1 Å². The van der Waals surface area contributed by atoms with Gasteiger partial charge in [-0.2, -0.15) is 0 Å². The van der Waals surface area contributed by atoms with Crippen molar-refractivity contribution in [3.8, 4) is 22.6 Å². The Balaban J connectivity index is 1.22. The van der Waals surface area contributed by atoms with Gasteiger partial charge in [-0.25, -0.2) is 9.19 Å². The molecule has 0 aliphatic carbocycles. The maximum absolute atomic E-state index is 14.0. The van der Waals surface area contributed by atoms with E-state index < -0.39 is 17.0 Å². The van der Waals surface area contributed by atoms with Crippen molar-refractivity contribution in [1.29, 1.82) is 0 Å². The minimum absolute atomic E-state index is 0.0408. The van der Waals surface area contributed by atoms with E-state index in [-0.39, 0.29) is 29.5 Å². The van der Waals surface area contributed by atoms with Crippen LogP contribution in [-0.2, 0) is 27.7 Å². The second-order valence-electron chi connectivity index (χ2n) is 13.7. The van der Waals surface area contributed by atoms with Crippen molar-refractivity contribution < 1.29 is 22.8 Å². The summed E-state index contributed by atoms with van der Waals surface area (Å²) in [5.41, 5.74) is 9.69. The minimum atomic E-state index is -1.98. The van der Waals surface area contributed by atoms with Crippen molar-refractivity contribution in [3.05, 3.63) is 143 Å². The molecule has 51 heavy (non-hydrogen) atoms. The molecule has 1 heterocycles. The fraction of sp³-hybridized carbons (Fsp3) is 0.214. The predicted molar refractivity (Wildman–Crippen MR) is 204 cm³/mol. The lowest BCUT2D eigenvalue weighted by molar-refractivity contribution is -0.117. The number of benzene rings is 5. The fourth-order valence-electron chi connectivity index (χ4n) is 5.95. The summed E-state index contributed by atoms with van der Waals surface area (Å²) in [4.78, 5) is 31.2. The molecule has 5 aromatic carbocycles. The van der Waals surface area contributed by atoms with Gasteiger partial charge in [-0.05, 0) is 94.6 Å². The lowest BCUT2D eigenvalue weighted by Crippen LogP contribution is -2.27. The van der Waals surface area contributed by atoms with Gasteiger partial charge in [-0.1, -0.05) is 93.6 Å². The van der Waals surface area contributed by atoms with Crippen LogP contribution in [0.2, 0.25) is 0 Å². The standard InChI is InChI=1S/C42H41N3O5S/c1-27-6-5-7-37-38(27)50-41(45-37)33-18-22-35(23-19-33)44-40(47)36(26-28-8-10-32(11-9-28)39(46)43-24-25-51(48)49)31-14-12-29(13-15-31)30-16-20-34(21-17-30)42(2,3)4/h5-23,36H,24-26H2,1-4H3,(H,43,46)(H,44,47)(H,48,49)/t36-/m1/s1. The Morgan fingerprint density at radius 3 is 2.06 bits per heavy atom. The molecule has 2 atom stereocenters. The molecule has 3 N–H and O–H groups in total. The predicted octanol–water partition coefficient (Wildman–Crippen LogP) is 8.68. The number of fused-ring (bicyclic) bond motifs is 1. The van der Waals surface area contributed by atoms with Crippen LogP contribution in [0.15, 0.2) is 120 Å². The monoisotopic (exact) mass is 699 g/mol. The van der Waals surface area contributed by atoms with E-state index in [2.05, 4.69) is 60.7 Å². The molecule has 0 aliphatic rings. The van der Waals surface area contributed by atoms with E-state index in [0.29, 0.717) is 23.6 Å². The van der Waals surface area contributed by atoms with Gasteiger partial charge in [-0.3, -0.25) is 9.59 Å². The number of aryl methyl sites for hydroxylation is 1. The Bertz CT molecular complexity index is 2170. The number of nitrogens with one attached hydrogen (secondary N) is 2. The smallest absolute Gasteiger partial charge is 0.251 e. The van der Waals surface area contributed by atoms with Crippen LogP contribution in [-0.4, -0.2) is 37.9 Å². The summed E-state index contributed by atoms with van der Waals surface area (Å²) in [7, 11) is 0. The highest BCUT2D eigenvalue weighted by atomic mass is 32.2. The van der Waals surface area contributed by atoms with E-state index in [0.717, 1.165) is 44.5 Å². The number of amides is 2. The summed E-state index contributed by atoms with van der Waals surface area (Å²) in [5.74, 6) is -0.545. The zero-order valence-electron chi connectivity index (χ0n) is 29.1. The number of para-hydroxylation sites is 1. The molecule has 260 valence electrons. The van der Waals surface area contributed by atoms with Crippen molar-refractivity contribution in [2.24, 2.45) is 0 Å². The van der Waals surface area contributed by atoms with Crippen LogP contribution in [0.25, 0.3) is 33.7 Å². The normalized spacial score (nSPS) is 12.7. The molecule has 1 aromatic heterocycles. The van der Waals surface area contributed by atoms with Gasteiger partial charge in [0.2, 0.25) is 11.8 Å². The Labute approximate surface area is 300 Å². The summed E-state index contributed by atoms with van der Waals surface area (Å²) in [6.45, 7) is 8.67. The Hall–Kier alpha value is -5.38. The van der Waals surface area contributed by atoms with Crippen molar-refractivity contribution in [1.82, 2.24) is 10.3 Å². The lowest BCUT2D eigenvalue weighted by Gasteiger charge is -2.20.